The van der Waals surface area contributed by atoms with Crippen LogP contribution in [0.25, 0.3) is 0 Å². The summed E-state index contributed by atoms with van der Waals surface area (Å²) in [7, 11) is 1.39. The highest BCUT2D eigenvalue weighted by molar-refractivity contribution is 6.06. The van der Waals surface area contributed by atoms with E-state index in [2.05, 4.69) is 15.8 Å². The number of nitrogens with one attached hydrogen (secondary N) is 2. The molecule has 0 unspecified atom stereocenters. The number of nitro benzene ring substituents is 1. The number of carbonyl (C=O) groups excluding carboxylic acids is 2. The summed E-state index contributed by atoms with van der Waals surface area (Å²) in [6, 6.07) is 11.4. The number of methoxy groups -OCH3 is 1. The molecule has 2 aromatic rings. The van der Waals surface area contributed by atoms with E-state index in [0.717, 1.165) is 5.56 Å². The monoisotopic (exact) mass is 414 g/mol. The number of benzene rings is 2. The van der Waals surface area contributed by atoms with Gasteiger partial charge in [-0.3, -0.25) is 19.7 Å². The Hall–Kier alpha value is -3.95. The molecular weight excluding hydrogens is 392 g/mol. The summed E-state index contributed by atoms with van der Waals surface area (Å²) in [4.78, 5) is 34.6. The largest absolute Gasteiger partial charge is 0.496 e. The normalized spacial score (nSPS) is 10.8. The van der Waals surface area contributed by atoms with E-state index < -0.39 is 16.7 Å². The number of nitrogens with zero attached hydrogens (tertiary/aromatic N) is 2. The third-order valence-electron chi connectivity index (χ3n) is 3.92. The number of aryl methyl sites for hydroxylation is 1. The molecule has 158 valence electrons. The molecule has 0 aromatic heterocycles. The van der Waals surface area contributed by atoms with Gasteiger partial charge in [-0.05, 0) is 37.6 Å². The lowest BCUT2D eigenvalue weighted by molar-refractivity contribution is -0.384. The van der Waals surface area contributed by atoms with Gasteiger partial charge in [0.2, 0.25) is 5.91 Å². The number of amides is 2. The van der Waals surface area contributed by atoms with Gasteiger partial charge in [0.15, 0.2) is 6.61 Å². The van der Waals surface area contributed by atoms with Gasteiger partial charge in [-0.25, -0.2) is 5.43 Å². The van der Waals surface area contributed by atoms with Crippen LogP contribution in [0.3, 0.4) is 0 Å². The Morgan fingerprint density at radius 2 is 1.90 bits per heavy atom. The van der Waals surface area contributed by atoms with Gasteiger partial charge in [0.25, 0.3) is 11.6 Å². The minimum atomic E-state index is -0.617. The van der Waals surface area contributed by atoms with E-state index in [1.807, 2.05) is 19.1 Å². The number of hydrogen-bond acceptors (Lipinski definition) is 7. The third-order valence-corrected chi connectivity index (χ3v) is 3.92. The Kier molecular flexibility index (Phi) is 7.86. The number of anilines is 1. The first kappa shape index (κ1) is 22.3. The highest BCUT2D eigenvalue weighted by atomic mass is 16.6. The molecule has 30 heavy (non-hydrogen) atoms. The van der Waals surface area contributed by atoms with E-state index in [1.54, 1.807) is 19.1 Å². The van der Waals surface area contributed by atoms with Crippen molar-refractivity contribution in [2.75, 3.05) is 19.0 Å². The van der Waals surface area contributed by atoms with Gasteiger partial charge in [-0.2, -0.15) is 5.10 Å². The molecule has 2 amide bonds. The zero-order valence-corrected chi connectivity index (χ0v) is 16.8. The molecule has 2 N–H and O–H groups in total. The Bertz CT molecular complexity index is 974. The van der Waals surface area contributed by atoms with Crippen LogP contribution in [0.4, 0.5) is 11.4 Å². The summed E-state index contributed by atoms with van der Waals surface area (Å²) >= 11 is 0. The van der Waals surface area contributed by atoms with Crippen molar-refractivity contribution in [2.24, 2.45) is 5.10 Å². The van der Waals surface area contributed by atoms with Gasteiger partial charge in [0.05, 0.1) is 24.5 Å². The van der Waals surface area contributed by atoms with Crippen LogP contribution < -0.4 is 20.2 Å². The highest BCUT2D eigenvalue weighted by Crippen LogP contribution is 2.29. The average Bonchev–Trinajstić information content (AvgIpc) is 2.71. The maximum absolute atomic E-state index is 12.2. The minimum Gasteiger partial charge on any atom is -0.496 e. The summed E-state index contributed by atoms with van der Waals surface area (Å²) in [5.41, 5.74) is 3.26. The fourth-order valence-electron chi connectivity index (χ4n) is 2.41. The zero-order valence-electron chi connectivity index (χ0n) is 16.8. The Morgan fingerprint density at radius 3 is 2.57 bits per heavy atom. The lowest BCUT2D eigenvalue weighted by atomic mass is 10.2. The predicted octanol–water partition coefficient (Wildman–Crippen LogP) is 2.81. The van der Waals surface area contributed by atoms with E-state index >= 15 is 0 Å². The van der Waals surface area contributed by atoms with Crippen LogP contribution in [0.5, 0.6) is 11.5 Å². The molecule has 0 saturated heterocycles. The van der Waals surface area contributed by atoms with Gasteiger partial charge >= 0.3 is 0 Å². The Morgan fingerprint density at radius 1 is 1.17 bits per heavy atom. The maximum atomic E-state index is 12.2. The van der Waals surface area contributed by atoms with Crippen LogP contribution in [0.1, 0.15) is 18.9 Å². The molecule has 0 bridgehead atoms. The first-order chi connectivity index (χ1) is 14.3. The fourth-order valence-corrected chi connectivity index (χ4v) is 2.41. The smallest absolute Gasteiger partial charge is 0.296 e. The van der Waals surface area contributed by atoms with Crippen molar-refractivity contribution < 1.29 is 24.0 Å². The SMILES string of the molecule is COc1ccc(NC(=O)CC(C)=NNC(=O)COc2ccccc2C)c([N+](=O)[O-])c1. The van der Waals surface area contributed by atoms with E-state index in [4.69, 9.17) is 9.47 Å². The summed E-state index contributed by atoms with van der Waals surface area (Å²) in [5, 5.41) is 17.5. The van der Waals surface area contributed by atoms with Crippen molar-refractivity contribution in [3.63, 3.8) is 0 Å². The van der Waals surface area contributed by atoms with Crippen molar-refractivity contribution in [1.29, 1.82) is 0 Å². The second-order valence-corrected chi connectivity index (χ2v) is 6.30. The van der Waals surface area contributed by atoms with E-state index in [-0.39, 0.29) is 24.4 Å². The molecule has 2 rings (SSSR count). The zero-order chi connectivity index (χ0) is 22.1. The first-order valence-corrected chi connectivity index (χ1v) is 8.93. The topological polar surface area (TPSA) is 132 Å². The summed E-state index contributed by atoms with van der Waals surface area (Å²) in [6.07, 6.45) is -0.165. The second kappa shape index (κ2) is 10.6. The van der Waals surface area contributed by atoms with Crippen LogP contribution in [0, 0.1) is 17.0 Å². The number of rotatable bonds is 9. The van der Waals surface area contributed by atoms with Gasteiger partial charge in [0, 0.05) is 5.71 Å². The average molecular weight is 414 g/mol. The van der Waals surface area contributed by atoms with Crippen LogP contribution >= 0.6 is 0 Å². The molecule has 0 aliphatic carbocycles. The Labute approximate surface area is 173 Å². The molecule has 2 aromatic carbocycles. The third kappa shape index (κ3) is 6.59. The predicted molar refractivity (Wildman–Crippen MR) is 111 cm³/mol. The minimum absolute atomic E-state index is 0.0364. The van der Waals surface area contributed by atoms with E-state index in [9.17, 15) is 19.7 Å². The number of nitro groups is 1. The van der Waals surface area contributed by atoms with Crippen molar-refractivity contribution >= 4 is 28.9 Å². The number of para-hydroxylation sites is 1. The molecule has 10 nitrogen and oxygen atoms in total. The van der Waals surface area contributed by atoms with Gasteiger partial charge in [-0.15, -0.1) is 0 Å². The van der Waals surface area contributed by atoms with E-state index in [0.29, 0.717) is 17.2 Å². The van der Waals surface area contributed by atoms with Gasteiger partial charge in [0.1, 0.15) is 17.2 Å². The van der Waals surface area contributed by atoms with E-state index in [1.165, 1.54) is 25.3 Å². The van der Waals surface area contributed by atoms with Crippen molar-refractivity contribution in [3.8, 4) is 11.5 Å². The number of carbonyl (C=O) groups is 2. The summed E-state index contributed by atoms with van der Waals surface area (Å²) in [6.45, 7) is 3.18. The van der Waals surface area contributed by atoms with Crippen LogP contribution in [0.2, 0.25) is 0 Å². The summed E-state index contributed by atoms with van der Waals surface area (Å²) in [5.74, 6) is -0.111. The van der Waals surface area contributed by atoms with Crippen molar-refractivity contribution in [3.05, 3.63) is 58.1 Å². The number of hydrazone groups is 1. The first-order valence-electron chi connectivity index (χ1n) is 8.93. The fraction of sp³-hybridized carbons (Fsp3) is 0.250. The molecule has 0 fully saturated rings. The quantitative estimate of drug-likeness (QED) is 0.368. The molecule has 0 radical (unpaired) electrons. The Balaban J connectivity index is 1.88. The molecule has 0 atom stereocenters. The molecule has 10 heteroatoms. The number of hydrogen-bond donors (Lipinski definition) is 2. The molecule has 0 aliphatic heterocycles. The van der Waals surface area contributed by atoms with Crippen LogP contribution in [-0.4, -0.2) is 36.2 Å². The van der Waals surface area contributed by atoms with Crippen molar-refractivity contribution in [2.45, 2.75) is 20.3 Å². The standard InChI is InChI=1S/C20H22N4O6/c1-13-6-4-5-7-18(13)30-12-20(26)23-22-14(2)10-19(25)21-16-9-8-15(29-3)11-17(16)24(27)28/h4-9,11H,10,12H2,1-3H3,(H,21,25)(H,23,26). The van der Waals surface area contributed by atoms with Crippen LogP contribution in [0.15, 0.2) is 47.6 Å². The lowest BCUT2D eigenvalue weighted by Crippen LogP contribution is -2.26. The molecule has 0 spiro atoms. The number of ether oxygens (including phenoxy) is 2. The van der Waals surface area contributed by atoms with Crippen LogP contribution in [-0.2, 0) is 9.59 Å². The molecular formula is C20H22N4O6. The highest BCUT2D eigenvalue weighted by Gasteiger charge is 2.17. The summed E-state index contributed by atoms with van der Waals surface area (Å²) < 4.78 is 10.4. The van der Waals surface area contributed by atoms with Crippen molar-refractivity contribution in [1.82, 2.24) is 5.43 Å². The molecule has 0 heterocycles. The second-order valence-electron chi connectivity index (χ2n) is 6.30. The van der Waals surface area contributed by atoms with Gasteiger partial charge in [-0.1, -0.05) is 18.2 Å². The molecule has 0 aliphatic rings. The van der Waals surface area contributed by atoms with Gasteiger partial charge < -0.3 is 14.8 Å². The maximum Gasteiger partial charge on any atom is 0.296 e. The lowest BCUT2D eigenvalue weighted by Gasteiger charge is -2.09. The molecule has 0 saturated carbocycles.